The second kappa shape index (κ2) is 5.67. The molecule has 98 valence electrons. The molecule has 0 aromatic heterocycles. The van der Waals surface area contributed by atoms with Crippen LogP contribution in [0.1, 0.15) is 43.1 Å². The summed E-state index contributed by atoms with van der Waals surface area (Å²) in [7, 11) is 0. The normalized spacial score (nSPS) is 11.1. The number of carbonyl (C=O) groups excluding carboxylic acids is 1. The minimum atomic E-state index is -0.834. The fourth-order valence-electron chi connectivity index (χ4n) is 1.53. The first-order chi connectivity index (χ1) is 8.28. The van der Waals surface area contributed by atoms with Crippen LogP contribution in [0.25, 0.3) is 0 Å². The van der Waals surface area contributed by atoms with Gasteiger partial charge in [-0.3, -0.25) is 9.59 Å². The van der Waals surface area contributed by atoms with Gasteiger partial charge in [0.25, 0.3) is 5.91 Å². The Morgan fingerprint density at radius 3 is 2.50 bits per heavy atom. The number of aryl methyl sites for hydroxylation is 1. The summed E-state index contributed by atoms with van der Waals surface area (Å²) < 4.78 is 0. The molecule has 0 heterocycles. The zero-order chi connectivity index (χ0) is 13.8. The lowest BCUT2D eigenvalue weighted by molar-refractivity contribution is -0.136. The summed E-state index contributed by atoms with van der Waals surface area (Å²) in [5.41, 5.74) is 1.14. The summed E-state index contributed by atoms with van der Waals surface area (Å²) in [6.45, 7) is 5.75. The highest BCUT2D eigenvalue weighted by Gasteiger charge is 2.15. The maximum Gasteiger partial charge on any atom is 0.303 e. The number of carbonyl (C=O) groups is 2. The van der Waals surface area contributed by atoms with Gasteiger partial charge in [-0.1, -0.05) is 12.1 Å². The Bertz CT molecular complexity index is 447. The van der Waals surface area contributed by atoms with Crippen molar-refractivity contribution in [3.8, 4) is 0 Å². The molecule has 0 atom stereocenters. The lowest BCUT2D eigenvalue weighted by Crippen LogP contribution is -2.40. The number of carboxylic acid groups (broad SMARTS) is 1. The van der Waals surface area contributed by atoms with Crippen molar-refractivity contribution in [3.63, 3.8) is 0 Å². The topological polar surface area (TPSA) is 66.4 Å². The van der Waals surface area contributed by atoms with Gasteiger partial charge in [0.2, 0.25) is 0 Å². The summed E-state index contributed by atoms with van der Waals surface area (Å²) in [6.07, 6.45) is 0.510. The minimum absolute atomic E-state index is 0.0738. The molecule has 0 saturated carbocycles. The largest absolute Gasteiger partial charge is 0.481 e. The van der Waals surface area contributed by atoms with Crippen LogP contribution < -0.4 is 5.32 Å². The fourth-order valence-corrected chi connectivity index (χ4v) is 1.53. The number of carboxylic acids is 1. The monoisotopic (exact) mass is 249 g/mol. The number of hydrogen-bond acceptors (Lipinski definition) is 2. The molecule has 0 aliphatic carbocycles. The fraction of sp³-hybridized carbons (Fsp3) is 0.429. The van der Waals surface area contributed by atoms with E-state index in [1.54, 1.807) is 18.2 Å². The Labute approximate surface area is 107 Å². The van der Waals surface area contributed by atoms with Crippen LogP contribution >= 0.6 is 0 Å². The van der Waals surface area contributed by atoms with Crippen molar-refractivity contribution < 1.29 is 14.7 Å². The molecule has 1 rings (SSSR count). The van der Waals surface area contributed by atoms with Crippen molar-refractivity contribution in [2.24, 2.45) is 0 Å². The zero-order valence-electron chi connectivity index (χ0n) is 11.0. The van der Waals surface area contributed by atoms with Crippen molar-refractivity contribution >= 4 is 11.9 Å². The van der Waals surface area contributed by atoms with Crippen LogP contribution in [0.2, 0.25) is 0 Å². The Kier molecular flexibility index (Phi) is 4.48. The molecule has 0 spiro atoms. The van der Waals surface area contributed by atoms with E-state index in [4.69, 9.17) is 5.11 Å². The second-order valence-corrected chi connectivity index (χ2v) is 5.30. The number of amides is 1. The molecule has 0 unspecified atom stereocenters. The van der Waals surface area contributed by atoms with Crippen LogP contribution in [0.3, 0.4) is 0 Å². The van der Waals surface area contributed by atoms with E-state index in [-0.39, 0.29) is 17.9 Å². The van der Waals surface area contributed by atoms with Crippen molar-refractivity contribution in [3.05, 3.63) is 35.4 Å². The Morgan fingerprint density at radius 1 is 1.28 bits per heavy atom. The van der Waals surface area contributed by atoms with Crippen LogP contribution in [-0.2, 0) is 11.2 Å². The van der Waals surface area contributed by atoms with Gasteiger partial charge >= 0.3 is 5.97 Å². The lowest BCUT2D eigenvalue weighted by atomic mass is 10.0. The third-order valence-corrected chi connectivity index (χ3v) is 2.31. The molecule has 0 fully saturated rings. The summed E-state index contributed by atoms with van der Waals surface area (Å²) in [5.74, 6) is -0.973. The highest BCUT2D eigenvalue weighted by Crippen LogP contribution is 2.09. The number of benzene rings is 1. The third-order valence-electron chi connectivity index (χ3n) is 2.31. The van der Waals surface area contributed by atoms with E-state index in [1.807, 2.05) is 26.8 Å². The zero-order valence-corrected chi connectivity index (χ0v) is 11.0. The third kappa shape index (κ3) is 4.99. The van der Waals surface area contributed by atoms with Gasteiger partial charge in [0, 0.05) is 17.5 Å². The number of nitrogens with one attached hydrogen (secondary N) is 1. The second-order valence-electron chi connectivity index (χ2n) is 5.30. The van der Waals surface area contributed by atoms with E-state index in [0.717, 1.165) is 5.56 Å². The van der Waals surface area contributed by atoms with E-state index < -0.39 is 5.97 Å². The number of hydrogen-bond donors (Lipinski definition) is 2. The molecule has 4 nitrogen and oxygen atoms in total. The maximum absolute atomic E-state index is 11.9. The van der Waals surface area contributed by atoms with Gasteiger partial charge in [-0.15, -0.1) is 0 Å². The highest BCUT2D eigenvalue weighted by molar-refractivity contribution is 5.94. The van der Waals surface area contributed by atoms with Gasteiger partial charge in [-0.05, 0) is 44.9 Å². The first-order valence-electron chi connectivity index (χ1n) is 5.91. The van der Waals surface area contributed by atoms with Crippen molar-refractivity contribution in [2.75, 3.05) is 0 Å². The van der Waals surface area contributed by atoms with Gasteiger partial charge in [0.05, 0.1) is 0 Å². The van der Waals surface area contributed by atoms with Gasteiger partial charge < -0.3 is 10.4 Å². The van der Waals surface area contributed by atoms with Crippen LogP contribution in [0.5, 0.6) is 0 Å². The van der Waals surface area contributed by atoms with E-state index in [1.165, 1.54) is 0 Å². The molecule has 2 N–H and O–H groups in total. The molecule has 0 bridgehead atoms. The van der Waals surface area contributed by atoms with E-state index >= 15 is 0 Å². The minimum Gasteiger partial charge on any atom is -0.481 e. The van der Waals surface area contributed by atoms with Gasteiger partial charge in [0.1, 0.15) is 0 Å². The maximum atomic E-state index is 11.9. The van der Waals surface area contributed by atoms with Crippen LogP contribution in [0.15, 0.2) is 24.3 Å². The molecule has 1 aromatic rings. The van der Waals surface area contributed by atoms with E-state index in [0.29, 0.717) is 12.0 Å². The summed E-state index contributed by atoms with van der Waals surface area (Å²) in [4.78, 5) is 22.4. The van der Waals surface area contributed by atoms with Crippen LogP contribution in [0.4, 0.5) is 0 Å². The highest BCUT2D eigenvalue weighted by atomic mass is 16.4. The molecule has 18 heavy (non-hydrogen) atoms. The molecule has 4 heteroatoms. The summed E-state index contributed by atoms with van der Waals surface area (Å²) in [6, 6.07) is 7.07. The van der Waals surface area contributed by atoms with Gasteiger partial charge in [-0.25, -0.2) is 0 Å². The van der Waals surface area contributed by atoms with E-state index in [2.05, 4.69) is 5.32 Å². The van der Waals surface area contributed by atoms with Gasteiger partial charge in [0.15, 0.2) is 0 Å². The SMILES string of the molecule is CC(C)(C)NC(=O)c1cccc(CCC(=O)O)c1. The summed E-state index contributed by atoms with van der Waals surface area (Å²) in [5, 5.41) is 11.5. The predicted molar refractivity (Wildman–Crippen MR) is 69.6 cm³/mol. The molecule has 1 amide bonds. The smallest absolute Gasteiger partial charge is 0.303 e. The summed E-state index contributed by atoms with van der Waals surface area (Å²) >= 11 is 0. The van der Waals surface area contributed by atoms with Crippen LogP contribution in [-0.4, -0.2) is 22.5 Å². The predicted octanol–water partition coefficient (Wildman–Crippen LogP) is 2.23. The molecule has 0 aliphatic heterocycles. The quantitative estimate of drug-likeness (QED) is 0.860. The Morgan fingerprint density at radius 2 is 1.94 bits per heavy atom. The molecule has 0 aliphatic rings. The lowest BCUT2D eigenvalue weighted by Gasteiger charge is -2.20. The average Bonchev–Trinajstić information content (AvgIpc) is 2.24. The number of rotatable bonds is 4. The average molecular weight is 249 g/mol. The number of aliphatic carboxylic acids is 1. The molecular weight excluding hydrogens is 230 g/mol. The van der Waals surface area contributed by atoms with E-state index in [9.17, 15) is 9.59 Å². The molecule has 1 aromatic carbocycles. The molecule has 0 saturated heterocycles. The molecule has 0 radical (unpaired) electrons. The Hall–Kier alpha value is -1.84. The van der Waals surface area contributed by atoms with Crippen molar-refractivity contribution in [1.82, 2.24) is 5.32 Å². The first kappa shape index (κ1) is 14.2. The van der Waals surface area contributed by atoms with Crippen LogP contribution in [0, 0.1) is 0 Å². The standard InChI is InChI=1S/C14H19NO3/c1-14(2,3)15-13(18)11-6-4-5-10(9-11)7-8-12(16)17/h4-6,9H,7-8H2,1-3H3,(H,15,18)(H,16,17). The van der Waals surface area contributed by atoms with Gasteiger partial charge in [-0.2, -0.15) is 0 Å². The Balaban J connectivity index is 2.75. The van der Waals surface area contributed by atoms with Crippen molar-refractivity contribution in [1.29, 1.82) is 0 Å². The first-order valence-corrected chi connectivity index (χ1v) is 5.91. The van der Waals surface area contributed by atoms with Crippen molar-refractivity contribution in [2.45, 2.75) is 39.2 Å². The molecular formula is C14H19NO3.